The first-order valence-corrected chi connectivity index (χ1v) is 13.7. The van der Waals surface area contributed by atoms with Crippen LogP contribution in [-0.4, -0.2) is 42.6 Å². The summed E-state index contributed by atoms with van der Waals surface area (Å²) in [6, 6.07) is 5.42. The summed E-state index contributed by atoms with van der Waals surface area (Å²) >= 11 is 6.37. The molecule has 1 saturated carbocycles. The smallest absolute Gasteiger partial charge is 0.229 e. The Labute approximate surface area is 205 Å². The number of carbonyl (C=O) groups is 1. The standard InChI is InChI=1S/C23H31ClN6O3S/c1-23(2)11-10-20(31)27-17-9-8-14(12-15(17)23)26-22-25-13-16(24)21(29-22)28-18-6-4-5-7-19(18)30-34(3,32)33/h8-9,12-13,18-19,30H,4-7,10-11H2,1-3H3,(H,27,31)(H2,25,26,28,29)/t18-,19-/m1/s1. The van der Waals surface area contributed by atoms with Gasteiger partial charge in [0.05, 0.1) is 12.5 Å². The van der Waals surface area contributed by atoms with Crippen molar-refractivity contribution in [3.05, 3.63) is 35.0 Å². The van der Waals surface area contributed by atoms with Gasteiger partial charge in [0, 0.05) is 29.9 Å². The van der Waals surface area contributed by atoms with Crippen LogP contribution in [0, 0.1) is 0 Å². The van der Waals surface area contributed by atoms with Gasteiger partial charge in [-0.2, -0.15) is 4.98 Å². The molecule has 184 valence electrons. The summed E-state index contributed by atoms with van der Waals surface area (Å²) in [4.78, 5) is 20.9. The summed E-state index contributed by atoms with van der Waals surface area (Å²) in [5.41, 5.74) is 2.50. The summed E-state index contributed by atoms with van der Waals surface area (Å²) in [5, 5.41) is 9.90. The number of carbonyl (C=O) groups excluding carboxylic acids is 1. The highest BCUT2D eigenvalue weighted by molar-refractivity contribution is 7.88. The van der Waals surface area contributed by atoms with Gasteiger partial charge < -0.3 is 16.0 Å². The molecule has 2 aromatic rings. The lowest BCUT2D eigenvalue weighted by Gasteiger charge is -2.32. The predicted octanol–water partition coefficient (Wildman–Crippen LogP) is 4.16. The number of aromatic nitrogens is 2. The van der Waals surface area contributed by atoms with Crippen LogP contribution < -0.4 is 20.7 Å². The zero-order chi connectivity index (χ0) is 24.5. The normalized spacial score (nSPS) is 22.3. The van der Waals surface area contributed by atoms with E-state index in [4.69, 9.17) is 11.6 Å². The van der Waals surface area contributed by atoms with Crippen LogP contribution >= 0.6 is 11.6 Å². The number of hydrogen-bond acceptors (Lipinski definition) is 7. The van der Waals surface area contributed by atoms with E-state index in [1.807, 2.05) is 18.2 Å². The molecular formula is C23H31ClN6O3S. The summed E-state index contributed by atoms with van der Waals surface area (Å²) in [6.45, 7) is 4.25. The number of hydrogen-bond donors (Lipinski definition) is 4. The minimum absolute atomic E-state index is 0.0238. The fourth-order valence-corrected chi connectivity index (χ4v) is 5.59. The van der Waals surface area contributed by atoms with Crippen molar-refractivity contribution in [3.63, 3.8) is 0 Å². The molecule has 0 radical (unpaired) electrons. The number of amides is 1. The SMILES string of the molecule is CC1(C)CCC(=O)Nc2ccc(Nc3ncc(Cl)c(N[C@@H]4CCCC[C@H]4NS(C)(=O)=O)n3)cc21. The Bertz CT molecular complexity index is 1190. The number of fused-ring (bicyclic) bond motifs is 1. The molecule has 2 heterocycles. The van der Waals surface area contributed by atoms with Gasteiger partial charge >= 0.3 is 0 Å². The molecule has 2 atom stereocenters. The molecule has 4 N–H and O–H groups in total. The second-order valence-corrected chi connectivity index (χ2v) is 11.9. The van der Waals surface area contributed by atoms with E-state index in [1.54, 1.807) is 0 Å². The van der Waals surface area contributed by atoms with Crippen LogP contribution in [0.2, 0.25) is 5.02 Å². The minimum Gasteiger partial charge on any atom is -0.364 e. The average Bonchev–Trinajstić information content (AvgIpc) is 2.87. The Morgan fingerprint density at radius 3 is 2.65 bits per heavy atom. The van der Waals surface area contributed by atoms with Crippen molar-refractivity contribution >= 4 is 50.7 Å². The molecule has 1 aromatic carbocycles. The number of benzene rings is 1. The van der Waals surface area contributed by atoms with Crippen molar-refractivity contribution < 1.29 is 13.2 Å². The Morgan fingerprint density at radius 2 is 1.91 bits per heavy atom. The highest BCUT2D eigenvalue weighted by Crippen LogP contribution is 2.38. The van der Waals surface area contributed by atoms with Crippen LogP contribution in [0.15, 0.2) is 24.4 Å². The van der Waals surface area contributed by atoms with Gasteiger partial charge in [-0.3, -0.25) is 4.79 Å². The van der Waals surface area contributed by atoms with E-state index in [9.17, 15) is 13.2 Å². The quantitative estimate of drug-likeness (QED) is 0.463. The van der Waals surface area contributed by atoms with Gasteiger partial charge in [-0.1, -0.05) is 38.3 Å². The second-order valence-electron chi connectivity index (χ2n) is 9.74. The zero-order valence-corrected chi connectivity index (χ0v) is 21.2. The number of sulfonamides is 1. The molecule has 0 spiro atoms. The van der Waals surface area contributed by atoms with Gasteiger partial charge in [0.2, 0.25) is 21.9 Å². The van der Waals surface area contributed by atoms with Crippen molar-refractivity contribution in [2.45, 2.75) is 69.9 Å². The lowest BCUT2D eigenvalue weighted by Crippen LogP contribution is -2.48. The molecule has 2 aliphatic rings. The molecule has 34 heavy (non-hydrogen) atoms. The van der Waals surface area contributed by atoms with Crippen LogP contribution in [0.5, 0.6) is 0 Å². The minimum atomic E-state index is -3.33. The molecular weight excluding hydrogens is 476 g/mol. The second kappa shape index (κ2) is 9.67. The van der Waals surface area contributed by atoms with Gasteiger partial charge in [-0.05, 0) is 48.4 Å². The maximum absolute atomic E-state index is 12.0. The van der Waals surface area contributed by atoms with Crippen molar-refractivity contribution in [3.8, 4) is 0 Å². The molecule has 4 rings (SSSR count). The van der Waals surface area contributed by atoms with Gasteiger partial charge in [0.15, 0.2) is 5.82 Å². The molecule has 1 aromatic heterocycles. The van der Waals surface area contributed by atoms with E-state index >= 15 is 0 Å². The lowest BCUT2D eigenvalue weighted by atomic mass is 9.80. The summed E-state index contributed by atoms with van der Waals surface area (Å²) < 4.78 is 26.3. The Kier molecular flexibility index (Phi) is 7.02. The van der Waals surface area contributed by atoms with Gasteiger partial charge in [0.25, 0.3) is 0 Å². The van der Waals surface area contributed by atoms with Crippen molar-refractivity contribution in [2.75, 3.05) is 22.2 Å². The summed E-state index contributed by atoms with van der Waals surface area (Å²) in [6.07, 6.45) is 7.45. The third-order valence-electron chi connectivity index (χ3n) is 6.45. The van der Waals surface area contributed by atoms with Gasteiger partial charge in [-0.15, -0.1) is 0 Å². The van der Waals surface area contributed by atoms with Gasteiger partial charge in [-0.25, -0.2) is 18.1 Å². The molecule has 1 aliphatic carbocycles. The third-order valence-corrected chi connectivity index (χ3v) is 7.46. The van der Waals surface area contributed by atoms with Crippen molar-refractivity contribution in [1.29, 1.82) is 0 Å². The van der Waals surface area contributed by atoms with Crippen LogP contribution in [0.4, 0.5) is 23.1 Å². The topological polar surface area (TPSA) is 125 Å². The van der Waals surface area contributed by atoms with Crippen LogP contribution in [-0.2, 0) is 20.2 Å². The van der Waals surface area contributed by atoms with Crippen LogP contribution in [0.25, 0.3) is 0 Å². The number of rotatable bonds is 6. The lowest BCUT2D eigenvalue weighted by molar-refractivity contribution is -0.116. The molecule has 1 amide bonds. The maximum Gasteiger partial charge on any atom is 0.229 e. The Morgan fingerprint density at radius 1 is 1.18 bits per heavy atom. The zero-order valence-electron chi connectivity index (χ0n) is 19.6. The molecule has 11 heteroatoms. The Balaban J connectivity index is 1.55. The number of anilines is 4. The highest BCUT2D eigenvalue weighted by atomic mass is 35.5. The summed E-state index contributed by atoms with van der Waals surface area (Å²) in [7, 11) is -3.33. The third kappa shape index (κ3) is 5.97. The molecule has 9 nitrogen and oxygen atoms in total. The molecule has 0 saturated heterocycles. The first-order valence-electron chi connectivity index (χ1n) is 11.5. The van der Waals surface area contributed by atoms with E-state index in [1.165, 1.54) is 12.5 Å². The fourth-order valence-electron chi connectivity index (χ4n) is 4.62. The van der Waals surface area contributed by atoms with Crippen molar-refractivity contribution in [2.24, 2.45) is 0 Å². The Hall–Kier alpha value is -2.43. The number of nitrogens with zero attached hydrogens (tertiary/aromatic N) is 2. The maximum atomic E-state index is 12.0. The molecule has 1 aliphatic heterocycles. The van der Waals surface area contributed by atoms with Crippen LogP contribution in [0.1, 0.15) is 57.9 Å². The van der Waals surface area contributed by atoms with Crippen molar-refractivity contribution in [1.82, 2.24) is 14.7 Å². The number of halogens is 1. The molecule has 0 unspecified atom stereocenters. The van der Waals surface area contributed by atoms with E-state index in [0.717, 1.165) is 49.0 Å². The fraction of sp³-hybridized carbons (Fsp3) is 0.522. The monoisotopic (exact) mass is 506 g/mol. The van der Waals surface area contributed by atoms with Crippen LogP contribution in [0.3, 0.4) is 0 Å². The van der Waals surface area contributed by atoms with Gasteiger partial charge in [0.1, 0.15) is 5.02 Å². The van der Waals surface area contributed by atoms with E-state index < -0.39 is 10.0 Å². The largest absolute Gasteiger partial charge is 0.364 e. The molecule has 1 fully saturated rings. The molecule has 0 bridgehead atoms. The first kappa shape index (κ1) is 24.7. The van der Waals surface area contributed by atoms with E-state index in [-0.39, 0.29) is 23.4 Å². The predicted molar refractivity (Wildman–Crippen MR) is 135 cm³/mol. The summed E-state index contributed by atoms with van der Waals surface area (Å²) in [5.74, 6) is 0.843. The van der Waals surface area contributed by atoms with E-state index in [0.29, 0.717) is 23.2 Å². The van der Waals surface area contributed by atoms with E-state index in [2.05, 4.69) is 44.5 Å². The average molecular weight is 507 g/mol. The highest BCUT2D eigenvalue weighted by Gasteiger charge is 2.30. The number of nitrogens with one attached hydrogen (secondary N) is 4. The first-order chi connectivity index (χ1) is 16.0.